The molecule has 4 nitrogen and oxygen atoms in total. The van der Waals surface area contributed by atoms with Crippen molar-refractivity contribution in [3.05, 3.63) is 29.8 Å². The van der Waals surface area contributed by atoms with E-state index in [1.165, 1.54) is 5.56 Å². The summed E-state index contributed by atoms with van der Waals surface area (Å²) in [6.45, 7) is 8.58. The molecule has 1 atom stereocenters. The molecule has 0 aromatic heterocycles. The largest absolute Gasteiger partial charge is 0.337 e. The molecule has 0 bridgehead atoms. The van der Waals surface area contributed by atoms with Crippen LogP contribution in [0.3, 0.4) is 0 Å². The van der Waals surface area contributed by atoms with Gasteiger partial charge in [-0.3, -0.25) is 9.59 Å². The van der Waals surface area contributed by atoms with Gasteiger partial charge in [0.2, 0.25) is 11.8 Å². The van der Waals surface area contributed by atoms with Gasteiger partial charge in [0.15, 0.2) is 0 Å². The fourth-order valence-corrected chi connectivity index (χ4v) is 2.60. The zero-order valence-electron chi connectivity index (χ0n) is 13.3. The van der Waals surface area contributed by atoms with Gasteiger partial charge in [0.05, 0.1) is 5.92 Å². The van der Waals surface area contributed by atoms with Crippen LogP contribution >= 0.6 is 0 Å². The minimum absolute atomic E-state index is 0.0592. The van der Waals surface area contributed by atoms with Crippen molar-refractivity contribution in [2.24, 2.45) is 5.92 Å². The summed E-state index contributed by atoms with van der Waals surface area (Å²) < 4.78 is 0. The highest BCUT2D eigenvalue weighted by Crippen LogP contribution is 2.26. The third-order valence-corrected chi connectivity index (χ3v) is 3.94. The Labute approximate surface area is 126 Å². The molecule has 0 aliphatic carbocycles. The van der Waals surface area contributed by atoms with E-state index in [-0.39, 0.29) is 23.3 Å². The maximum Gasteiger partial charge on any atom is 0.229 e. The Morgan fingerprint density at radius 1 is 1.29 bits per heavy atom. The van der Waals surface area contributed by atoms with Crippen molar-refractivity contribution >= 4 is 17.5 Å². The van der Waals surface area contributed by atoms with Gasteiger partial charge in [0, 0.05) is 24.2 Å². The van der Waals surface area contributed by atoms with Crippen LogP contribution in [0.15, 0.2) is 24.3 Å². The van der Waals surface area contributed by atoms with Crippen LogP contribution in [0.25, 0.3) is 0 Å². The van der Waals surface area contributed by atoms with Crippen molar-refractivity contribution in [2.75, 3.05) is 11.9 Å². The first-order valence-corrected chi connectivity index (χ1v) is 7.51. The minimum atomic E-state index is -0.262. The number of carbonyl (C=O) groups excluding carboxylic acids is 2. The van der Waals surface area contributed by atoms with Crippen LogP contribution in [0.2, 0.25) is 0 Å². The number of nitrogens with one attached hydrogen (secondary N) is 1. The lowest BCUT2D eigenvalue weighted by Gasteiger charge is -2.31. The molecule has 1 aromatic carbocycles. The van der Waals surface area contributed by atoms with Crippen LogP contribution in [-0.4, -0.2) is 28.8 Å². The number of hydrogen-bond donors (Lipinski definition) is 1. The molecule has 2 amide bonds. The van der Waals surface area contributed by atoms with E-state index in [9.17, 15) is 9.59 Å². The number of aryl methyl sites for hydroxylation is 1. The molecular weight excluding hydrogens is 264 g/mol. The van der Waals surface area contributed by atoms with Crippen LogP contribution in [0, 0.1) is 5.92 Å². The van der Waals surface area contributed by atoms with E-state index in [1.807, 2.05) is 45.0 Å². The summed E-state index contributed by atoms with van der Waals surface area (Å²) in [5.41, 5.74) is 1.80. The Morgan fingerprint density at radius 2 is 1.90 bits per heavy atom. The van der Waals surface area contributed by atoms with E-state index in [1.54, 1.807) is 4.90 Å². The predicted octanol–water partition coefficient (Wildman–Crippen LogP) is 2.83. The first-order chi connectivity index (χ1) is 9.81. The van der Waals surface area contributed by atoms with Crippen LogP contribution in [0.4, 0.5) is 5.69 Å². The van der Waals surface area contributed by atoms with Gasteiger partial charge in [-0.25, -0.2) is 0 Å². The quantitative estimate of drug-likeness (QED) is 0.929. The second kappa shape index (κ2) is 5.88. The minimum Gasteiger partial charge on any atom is -0.337 e. The second-order valence-corrected chi connectivity index (χ2v) is 6.62. The van der Waals surface area contributed by atoms with E-state index in [0.717, 1.165) is 12.1 Å². The molecule has 1 aliphatic rings. The SMILES string of the molecule is CCc1ccc(NC(=O)[C@H]2CC(=O)N(C(C)(C)C)C2)cc1. The predicted molar refractivity (Wildman–Crippen MR) is 84.0 cm³/mol. The van der Waals surface area contributed by atoms with Gasteiger partial charge in [-0.05, 0) is 44.9 Å². The Balaban J connectivity index is 1.99. The van der Waals surface area contributed by atoms with Crippen LogP contribution in [-0.2, 0) is 16.0 Å². The molecular formula is C17H24N2O2. The van der Waals surface area contributed by atoms with E-state index >= 15 is 0 Å². The maximum atomic E-state index is 12.3. The van der Waals surface area contributed by atoms with Gasteiger partial charge in [-0.1, -0.05) is 19.1 Å². The molecule has 1 N–H and O–H groups in total. The topological polar surface area (TPSA) is 49.4 Å². The van der Waals surface area contributed by atoms with E-state index in [0.29, 0.717) is 13.0 Å². The first-order valence-electron chi connectivity index (χ1n) is 7.51. The number of hydrogen-bond acceptors (Lipinski definition) is 2. The Kier molecular flexibility index (Phi) is 4.35. The average Bonchev–Trinajstić information content (AvgIpc) is 2.82. The number of nitrogens with zero attached hydrogens (tertiary/aromatic N) is 1. The Hall–Kier alpha value is -1.84. The standard InChI is InChI=1S/C17H24N2O2/c1-5-12-6-8-14(9-7-12)18-16(21)13-10-15(20)19(11-13)17(2,3)4/h6-9,13H,5,10-11H2,1-4H3,(H,18,21)/t13-/m0/s1. The zero-order valence-corrected chi connectivity index (χ0v) is 13.3. The fraction of sp³-hybridized carbons (Fsp3) is 0.529. The van der Waals surface area contributed by atoms with Gasteiger partial charge >= 0.3 is 0 Å². The number of rotatable bonds is 3. The average molecular weight is 288 g/mol. The van der Waals surface area contributed by atoms with Crippen molar-refractivity contribution < 1.29 is 9.59 Å². The van der Waals surface area contributed by atoms with Crippen molar-refractivity contribution in [3.63, 3.8) is 0 Å². The molecule has 0 saturated carbocycles. The van der Waals surface area contributed by atoms with Crippen molar-refractivity contribution in [3.8, 4) is 0 Å². The lowest BCUT2D eigenvalue weighted by Crippen LogP contribution is -2.42. The smallest absolute Gasteiger partial charge is 0.229 e. The second-order valence-electron chi connectivity index (χ2n) is 6.62. The number of amides is 2. The molecule has 0 radical (unpaired) electrons. The van der Waals surface area contributed by atoms with Gasteiger partial charge in [0.25, 0.3) is 0 Å². The van der Waals surface area contributed by atoms with Gasteiger partial charge in [-0.2, -0.15) is 0 Å². The maximum absolute atomic E-state index is 12.3. The van der Waals surface area contributed by atoms with Crippen molar-refractivity contribution in [2.45, 2.75) is 46.1 Å². The summed E-state index contributed by atoms with van der Waals surface area (Å²) in [6, 6.07) is 7.85. The Morgan fingerprint density at radius 3 is 2.38 bits per heavy atom. The summed E-state index contributed by atoms with van der Waals surface area (Å²) >= 11 is 0. The van der Waals surface area contributed by atoms with Crippen molar-refractivity contribution in [1.82, 2.24) is 4.90 Å². The molecule has 0 spiro atoms. The van der Waals surface area contributed by atoms with Gasteiger partial charge < -0.3 is 10.2 Å². The third-order valence-electron chi connectivity index (χ3n) is 3.94. The van der Waals surface area contributed by atoms with Crippen LogP contribution in [0.1, 0.15) is 39.7 Å². The molecule has 1 fully saturated rings. The molecule has 1 heterocycles. The number of likely N-dealkylation sites (tertiary alicyclic amines) is 1. The summed E-state index contributed by atoms with van der Waals surface area (Å²) in [4.78, 5) is 26.1. The number of anilines is 1. The molecule has 1 aliphatic heterocycles. The van der Waals surface area contributed by atoms with Crippen LogP contribution < -0.4 is 5.32 Å². The summed E-state index contributed by atoms with van der Waals surface area (Å²) in [5, 5.41) is 2.91. The Bertz CT molecular complexity index is 529. The number of carbonyl (C=O) groups is 2. The van der Waals surface area contributed by atoms with E-state index in [2.05, 4.69) is 12.2 Å². The molecule has 114 valence electrons. The highest BCUT2D eigenvalue weighted by atomic mass is 16.2. The lowest BCUT2D eigenvalue weighted by molar-refractivity contribution is -0.131. The fourth-order valence-electron chi connectivity index (χ4n) is 2.60. The normalized spacial score (nSPS) is 19.0. The van der Waals surface area contributed by atoms with Gasteiger partial charge in [-0.15, -0.1) is 0 Å². The summed E-state index contributed by atoms with van der Waals surface area (Å²) in [7, 11) is 0. The molecule has 0 unspecified atom stereocenters. The highest BCUT2D eigenvalue weighted by molar-refractivity contribution is 5.97. The highest BCUT2D eigenvalue weighted by Gasteiger charge is 2.39. The van der Waals surface area contributed by atoms with Gasteiger partial charge in [0.1, 0.15) is 0 Å². The number of benzene rings is 1. The van der Waals surface area contributed by atoms with Crippen molar-refractivity contribution in [1.29, 1.82) is 0 Å². The summed E-state index contributed by atoms with van der Waals surface area (Å²) in [6.07, 6.45) is 1.28. The molecule has 21 heavy (non-hydrogen) atoms. The molecule has 1 saturated heterocycles. The third kappa shape index (κ3) is 3.63. The van der Waals surface area contributed by atoms with E-state index < -0.39 is 0 Å². The molecule has 4 heteroatoms. The zero-order chi connectivity index (χ0) is 15.6. The van der Waals surface area contributed by atoms with Crippen LogP contribution in [0.5, 0.6) is 0 Å². The molecule has 1 aromatic rings. The first kappa shape index (κ1) is 15.5. The molecule has 2 rings (SSSR count). The van der Waals surface area contributed by atoms with E-state index in [4.69, 9.17) is 0 Å². The lowest BCUT2D eigenvalue weighted by atomic mass is 10.1. The summed E-state index contributed by atoms with van der Waals surface area (Å²) in [5.74, 6) is -0.272. The monoisotopic (exact) mass is 288 g/mol.